The van der Waals surface area contributed by atoms with Crippen molar-refractivity contribution in [2.24, 2.45) is 0 Å². The van der Waals surface area contributed by atoms with Crippen LogP contribution in [0.15, 0.2) is 24.3 Å². The molecule has 2 fully saturated rings. The number of carbonyl (C=O) groups excluding carboxylic acids is 3. The Morgan fingerprint density at radius 1 is 0.893 bits per heavy atom. The third kappa shape index (κ3) is 5.62. The van der Waals surface area contributed by atoms with Gasteiger partial charge in [-0.3, -0.25) is 14.4 Å². The van der Waals surface area contributed by atoms with Gasteiger partial charge in [0.15, 0.2) is 0 Å². The van der Waals surface area contributed by atoms with Crippen LogP contribution in [0.4, 0.5) is 0 Å². The highest BCUT2D eigenvalue weighted by Crippen LogP contribution is 2.15. The van der Waals surface area contributed by atoms with Gasteiger partial charge in [0.25, 0.3) is 5.91 Å². The zero-order chi connectivity index (χ0) is 19.9. The quantitative estimate of drug-likeness (QED) is 0.709. The predicted molar refractivity (Wildman–Crippen MR) is 109 cm³/mol. The summed E-state index contributed by atoms with van der Waals surface area (Å²) in [5.41, 5.74) is 0.560. The molecule has 2 aliphatic rings. The van der Waals surface area contributed by atoms with Crippen LogP contribution in [0.2, 0.25) is 5.02 Å². The van der Waals surface area contributed by atoms with Crippen LogP contribution in [-0.2, 0) is 14.3 Å². The summed E-state index contributed by atoms with van der Waals surface area (Å²) in [7, 11) is 0. The Morgan fingerprint density at radius 3 is 2.07 bits per heavy atom. The molecule has 2 heterocycles. The maximum absolute atomic E-state index is 12.5. The number of thioether (sulfide) groups is 1. The fourth-order valence-electron chi connectivity index (χ4n) is 3.18. The van der Waals surface area contributed by atoms with Crippen molar-refractivity contribution in [2.45, 2.75) is 0 Å². The number of piperazine rings is 1. The number of hydrogen-bond donors (Lipinski definition) is 0. The minimum Gasteiger partial charge on any atom is -0.378 e. The average molecular weight is 426 g/mol. The van der Waals surface area contributed by atoms with E-state index in [1.54, 1.807) is 39.0 Å². The summed E-state index contributed by atoms with van der Waals surface area (Å²) in [6, 6.07) is 6.89. The van der Waals surface area contributed by atoms with Crippen molar-refractivity contribution < 1.29 is 19.1 Å². The van der Waals surface area contributed by atoms with Gasteiger partial charge in [-0.15, -0.1) is 11.8 Å². The molecule has 28 heavy (non-hydrogen) atoms. The maximum Gasteiger partial charge on any atom is 0.254 e. The van der Waals surface area contributed by atoms with Crippen LogP contribution in [0, 0.1) is 0 Å². The number of morpholine rings is 1. The summed E-state index contributed by atoms with van der Waals surface area (Å²) in [5, 5.41) is 0.531. The van der Waals surface area contributed by atoms with E-state index in [2.05, 4.69) is 0 Å². The van der Waals surface area contributed by atoms with Gasteiger partial charge in [-0.1, -0.05) is 17.7 Å². The number of carbonyl (C=O) groups is 3. The fraction of sp³-hybridized carbons (Fsp3) is 0.526. The number of nitrogens with zero attached hydrogens (tertiary/aromatic N) is 3. The standard InChI is InChI=1S/C19H24ClN3O4S/c20-16-3-1-2-15(12-16)19(26)23-6-4-21(5-7-23)17(24)13-28-14-18(25)22-8-10-27-11-9-22/h1-3,12H,4-11,13-14H2. The second-order valence-corrected chi connectivity index (χ2v) is 8.09. The lowest BCUT2D eigenvalue weighted by atomic mass is 10.2. The first-order valence-electron chi connectivity index (χ1n) is 9.30. The van der Waals surface area contributed by atoms with Crippen LogP contribution < -0.4 is 0 Å². The van der Waals surface area contributed by atoms with Gasteiger partial charge in [0.1, 0.15) is 0 Å². The van der Waals surface area contributed by atoms with Gasteiger partial charge < -0.3 is 19.4 Å². The van der Waals surface area contributed by atoms with E-state index in [0.29, 0.717) is 68.8 Å². The van der Waals surface area contributed by atoms with Gasteiger partial charge >= 0.3 is 0 Å². The van der Waals surface area contributed by atoms with E-state index in [1.165, 1.54) is 11.8 Å². The SMILES string of the molecule is O=C(CSCC(=O)N1CCN(C(=O)c2cccc(Cl)c2)CC1)N1CCOCC1. The Bertz CT molecular complexity index is 719. The lowest BCUT2D eigenvalue weighted by molar-refractivity contribution is -0.132. The van der Waals surface area contributed by atoms with Gasteiger partial charge in [0.05, 0.1) is 24.7 Å². The number of ether oxygens (including phenoxy) is 1. The lowest BCUT2D eigenvalue weighted by Crippen LogP contribution is -2.51. The molecule has 0 unspecified atom stereocenters. The molecule has 1 aromatic carbocycles. The molecule has 0 bridgehead atoms. The maximum atomic E-state index is 12.5. The molecule has 0 radical (unpaired) electrons. The topological polar surface area (TPSA) is 70.2 Å². The third-order valence-electron chi connectivity index (χ3n) is 4.81. The highest BCUT2D eigenvalue weighted by atomic mass is 35.5. The molecule has 2 saturated heterocycles. The zero-order valence-electron chi connectivity index (χ0n) is 15.6. The summed E-state index contributed by atoms with van der Waals surface area (Å²) in [6.45, 7) is 4.39. The molecule has 152 valence electrons. The van der Waals surface area contributed by atoms with E-state index in [-0.39, 0.29) is 23.5 Å². The number of benzene rings is 1. The van der Waals surface area contributed by atoms with Gasteiger partial charge in [-0.2, -0.15) is 0 Å². The Morgan fingerprint density at radius 2 is 1.46 bits per heavy atom. The van der Waals surface area contributed by atoms with Crippen LogP contribution in [0.5, 0.6) is 0 Å². The minimum atomic E-state index is -0.0694. The summed E-state index contributed by atoms with van der Waals surface area (Å²) in [5.74, 6) is 0.574. The Kier molecular flexibility index (Phi) is 7.58. The largest absolute Gasteiger partial charge is 0.378 e. The summed E-state index contributed by atoms with van der Waals surface area (Å²) in [4.78, 5) is 42.3. The van der Waals surface area contributed by atoms with Crippen molar-refractivity contribution in [3.63, 3.8) is 0 Å². The highest BCUT2D eigenvalue weighted by molar-refractivity contribution is 8.00. The first-order chi connectivity index (χ1) is 13.5. The van der Waals surface area contributed by atoms with Gasteiger partial charge in [0.2, 0.25) is 11.8 Å². The van der Waals surface area contributed by atoms with Gasteiger partial charge in [-0.25, -0.2) is 0 Å². The number of amides is 3. The second-order valence-electron chi connectivity index (χ2n) is 6.67. The molecule has 0 spiro atoms. The Hall–Kier alpha value is -1.77. The van der Waals surface area contributed by atoms with Crippen LogP contribution in [0.3, 0.4) is 0 Å². The molecule has 9 heteroatoms. The zero-order valence-corrected chi connectivity index (χ0v) is 17.2. The summed E-state index contributed by atoms with van der Waals surface area (Å²) < 4.78 is 5.24. The molecule has 3 amide bonds. The molecule has 0 aliphatic carbocycles. The van der Waals surface area contributed by atoms with Crippen LogP contribution in [0.1, 0.15) is 10.4 Å². The molecule has 7 nitrogen and oxygen atoms in total. The Balaban J connectivity index is 1.38. The summed E-state index contributed by atoms with van der Waals surface area (Å²) in [6.07, 6.45) is 0. The first-order valence-corrected chi connectivity index (χ1v) is 10.8. The Labute approximate surface area is 173 Å². The number of rotatable bonds is 5. The average Bonchev–Trinajstić information content (AvgIpc) is 2.73. The van der Waals surface area contributed by atoms with E-state index in [4.69, 9.17) is 16.3 Å². The molecule has 0 N–H and O–H groups in total. The molecule has 0 atom stereocenters. The molecular weight excluding hydrogens is 402 g/mol. The van der Waals surface area contributed by atoms with Crippen molar-refractivity contribution in [3.05, 3.63) is 34.9 Å². The van der Waals surface area contributed by atoms with Crippen LogP contribution >= 0.6 is 23.4 Å². The minimum absolute atomic E-state index is 0.00892. The smallest absolute Gasteiger partial charge is 0.254 e. The normalized spacial score (nSPS) is 17.5. The molecule has 0 saturated carbocycles. The number of hydrogen-bond acceptors (Lipinski definition) is 5. The van der Waals surface area contributed by atoms with E-state index in [9.17, 15) is 14.4 Å². The number of halogens is 1. The fourth-order valence-corrected chi connectivity index (χ4v) is 4.19. The van der Waals surface area contributed by atoms with Gasteiger partial charge in [-0.05, 0) is 18.2 Å². The van der Waals surface area contributed by atoms with Crippen LogP contribution in [0.25, 0.3) is 0 Å². The van der Waals surface area contributed by atoms with E-state index in [0.717, 1.165) is 0 Å². The van der Waals surface area contributed by atoms with Crippen molar-refractivity contribution >= 4 is 41.1 Å². The van der Waals surface area contributed by atoms with Crippen molar-refractivity contribution in [1.29, 1.82) is 0 Å². The third-order valence-corrected chi connectivity index (χ3v) is 5.94. The van der Waals surface area contributed by atoms with Crippen LogP contribution in [-0.4, -0.2) is 96.4 Å². The monoisotopic (exact) mass is 425 g/mol. The van der Waals surface area contributed by atoms with E-state index < -0.39 is 0 Å². The van der Waals surface area contributed by atoms with E-state index >= 15 is 0 Å². The van der Waals surface area contributed by atoms with Crippen molar-refractivity contribution in [2.75, 3.05) is 64.0 Å². The van der Waals surface area contributed by atoms with E-state index in [1.807, 2.05) is 0 Å². The molecule has 3 rings (SSSR count). The summed E-state index contributed by atoms with van der Waals surface area (Å²) >= 11 is 7.30. The molecule has 2 aliphatic heterocycles. The first kappa shape index (κ1) is 21.0. The predicted octanol–water partition coefficient (Wildman–Crippen LogP) is 1.22. The van der Waals surface area contributed by atoms with Gasteiger partial charge in [0, 0.05) is 49.9 Å². The molecular formula is C19H24ClN3O4S. The molecule has 0 aromatic heterocycles. The highest BCUT2D eigenvalue weighted by Gasteiger charge is 2.25. The molecule has 1 aromatic rings. The lowest BCUT2D eigenvalue weighted by Gasteiger charge is -2.35. The van der Waals surface area contributed by atoms with Crippen molar-refractivity contribution in [1.82, 2.24) is 14.7 Å². The van der Waals surface area contributed by atoms with Crippen molar-refractivity contribution in [3.8, 4) is 0 Å². The second kappa shape index (κ2) is 10.1.